The van der Waals surface area contributed by atoms with Crippen molar-refractivity contribution in [1.82, 2.24) is 4.98 Å². The number of benzene rings is 1. The predicted molar refractivity (Wildman–Crippen MR) is 84.7 cm³/mol. The number of aryl methyl sites for hydroxylation is 3. The monoisotopic (exact) mass is 275 g/mol. The molecule has 0 N–H and O–H groups in total. The summed E-state index contributed by atoms with van der Waals surface area (Å²) in [5.41, 5.74) is 4.45. The predicted octanol–water partition coefficient (Wildman–Crippen LogP) is 4.21. The minimum Gasteiger partial charge on any atom is -0.490 e. The van der Waals surface area contributed by atoms with E-state index in [0.717, 1.165) is 22.3 Å². The van der Waals surface area contributed by atoms with Crippen molar-refractivity contribution in [1.29, 1.82) is 0 Å². The second kappa shape index (κ2) is 7.85. The fraction of sp³-hybridized carbons (Fsp3) is 0.471. The molecule has 3 heteroatoms. The third kappa shape index (κ3) is 3.70. The second-order valence-electron chi connectivity index (χ2n) is 4.53. The number of pyridine rings is 1. The Labute approximate surface area is 121 Å². The Balaban J connectivity index is 0.000000956. The maximum atomic E-state index is 5.77. The van der Waals surface area contributed by atoms with E-state index in [9.17, 15) is 0 Å². The quantitative estimate of drug-likeness (QED) is 0.783. The standard InChI is InChI=1S/C15H19NO2.C2H6/c1-10-5-6-13(18-8-7-17-4)14-11(2)9-12(3)16-15(10)14;1-2/h5-6,9H,7-8H2,1-4H3;1-2H3. The van der Waals surface area contributed by atoms with Crippen molar-refractivity contribution in [3.63, 3.8) is 0 Å². The molecule has 0 amide bonds. The van der Waals surface area contributed by atoms with Crippen molar-refractivity contribution >= 4 is 10.9 Å². The first-order chi connectivity index (χ1) is 9.63. The molecular formula is C17H25NO2. The van der Waals surface area contributed by atoms with Crippen molar-refractivity contribution < 1.29 is 9.47 Å². The lowest BCUT2D eigenvalue weighted by molar-refractivity contribution is 0.147. The van der Waals surface area contributed by atoms with Crippen LogP contribution >= 0.6 is 0 Å². The summed E-state index contributed by atoms with van der Waals surface area (Å²) in [6.07, 6.45) is 0. The summed E-state index contributed by atoms with van der Waals surface area (Å²) in [5, 5.41) is 1.11. The first kappa shape index (κ1) is 16.4. The van der Waals surface area contributed by atoms with Gasteiger partial charge >= 0.3 is 0 Å². The maximum absolute atomic E-state index is 5.77. The van der Waals surface area contributed by atoms with Crippen LogP contribution in [0.1, 0.15) is 30.7 Å². The lowest BCUT2D eigenvalue weighted by Gasteiger charge is -2.13. The number of hydrogen-bond donors (Lipinski definition) is 0. The molecule has 0 unspecified atom stereocenters. The fourth-order valence-electron chi connectivity index (χ4n) is 2.15. The van der Waals surface area contributed by atoms with Crippen molar-refractivity contribution in [2.75, 3.05) is 20.3 Å². The lowest BCUT2D eigenvalue weighted by Crippen LogP contribution is -2.05. The lowest BCUT2D eigenvalue weighted by atomic mass is 10.0. The molecule has 0 spiro atoms. The third-order valence-electron chi connectivity index (χ3n) is 2.99. The Kier molecular flexibility index (Phi) is 6.46. The van der Waals surface area contributed by atoms with Crippen LogP contribution in [-0.2, 0) is 4.74 Å². The Bertz CT molecular complexity index is 564. The van der Waals surface area contributed by atoms with E-state index in [-0.39, 0.29) is 0 Å². The van der Waals surface area contributed by atoms with Gasteiger partial charge in [0, 0.05) is 18.2 Å². The summed E-state index contributed by atoms with van der Waals surface area (Å²) in [7, 11) is 1.67. The van der Waals surface area contributed by atoms with Crippen LogP contribution in [0, 0.1) is 20.8 Å². The van der Waals surface area contributed by atoms with Gasteiger partial charge in [0.05, 0.1) is 12.1 Å². The average molecular weight is 275 g/mol. The van der Waals surface area contributed by atoms with Gasteiger partial charge < -0.3 is 9.47 Å². The number of aromatic nitrogens is 1. The van der Waals surface area contributed by atoms with E-state index in [4.69, 9.17) is 9.47 Å². The van der Waals surface area contributed by atoms with Gasteiger partial charge in [0.15, 0.2) is 0 Å². The maximum Gasteiger partial charge on any atom is 0.129 e. The molecule has 0 bridgehead atoms. The van der Waals surface area contributed by atoms with E-state index in [1.54, 1.807) is 7.11 Å². The molecule has 0 fully saturated rings. The van der Waals surface area contributed by atoms with Gasteiger partial charge in [0.25, 0.3) is 0 Å². The van der Waals surface area contributed by atoms with Gasteiger partial charge in [0.1, 0.15) is 12.4 Å². The Hall–Kier alpha value is -1.61. The summed E-state index contributed by atoms with van der Waals surface area (Å²) in [6, 6.07) is 6.15. The highest BCUT2D eigenvalue weighted by Crippen LogP contribution is 2.30. The molecule has 2 rings (SSSR count). The van der Waals surface area contributed by atoms with Crippen LogP contribution in [0.5, 0.6) is 5.75 Å². The van der Waals surface area contributed by atoms with Crippen LogP contribution in [-0.4, -0.2) is 25.3 Å². The van der Waals surface area contributed by atoms with Crippen molar-refractivity contribution in [2.24, 2.45) is 0 Å². The smallest absolute Gasteiger partial charge is 0.129 e. The number of ether oxygens (including phenoxy) is 2. The molecular weight excluding hydrogens is 250 g/mol. The van der Waals surface area contributed by atoms with E-state index in [2.05, 4.69) is 31.0 Å². The largest absolute Gasteiger partial charge is 0.490 e. The van der Waals surface area contributed by atoms with E-state index >= 15 is 0 Å². The summed E-state index contributed by atoms with van der Waals surface area (Å²) >= 11 is 0. The summed E-state index contributed by atoms with van der Waals surface area (Å²) in [6.45, 7) is 11.3. The van der Waals surface area contributed by atoms with Crippen LogP contribution in [0.4, 0.5) is 0 Å². The van der Waals surface area contributed by atoms with Crippen molar-refractivity contribution in [2.45, 2.75) is 34.6 Å². The number of hydrogen-bond acceptors (Lipinski definition) is 3. The van der Waals surface area contributed by atoms with E-state index in [1.807, 2.05) is 26.8 Å². The molecule has 110 valence electrons. The molecule has 20 heavy (non-hydrogen) atoms. The molecule has 1 heterocycles. The number of methoxy groups -OCH3 is 1. The molecule has 0 atom stereocenters. The van der Waals surface area contributed by atoms with Gasteiger partial charge in [-0.25, -0.2) is 0 Å². The summed E-state index contributed by atoms with van der Waals surface area (Å²) in [5.74, 6) is 0.887. The number of fused-ring (bicyclic) bond motifs is 1. The zero-order valence-electron chi connectivity index (χ0n) is 13.4. The molecule has 1 aromatic carbocycles. The summed E-state index contributed by atoms with van der Waals surface area (Å²) < 4.78 is 10.8. The van der Waals surface area contributed by atoms with Gasteiger partial charge in [-0.05, 0) is 44.0 Å². The van der Waals surface area contributed by atoms with Crippen LogP contribution in [0.25, 0.3) is 10.9 Å². The molecule has 0 saturated heterocycles. The average Bonchev–Trinajstić information content (AvgIpc) is 2.44. The van der Waals surface area contributed by atoms with Crippen LogP contribution in [0.15, 0.2) is 18.2 Å². The number of rotatable bonds is 4. The zero-order chi connectivity index (χ0) is 15.1. The Morgan fingerprint density at radius 3 is 2.35 bits per heavy atom. The molecule has 0 aliphatic heterocycles. The first-order valence-corrected chi connectivity index (χ1v) is 7.12. The van der Waals surface area contributed by atoms with Gasteiger partial charge in [0.2, 0.25) is 0 Å². The second-order valence-corrected chi connectivity index (χ2v) is 4.53. The Morgan fingerprint density at radius 2 is 1.70 bits per heavy atom. The molecule has 1 aromatic heterocycles. The molecule has 2 aromatic rings. The zero-order valence-corrected chi connectivity index (χ0v) is 13.4. The van der Waals surface area contributed by atoms with Crippen molar-refractivity contribution in [3.8, 4) is 5.75 Å². The van der Waals surface area contributed by atoms with Gasteiger partial charge in [-0.2, -0.15) is 0 Å². The molecule has 0 aliphatic carbocycles. The highest BCUT2D eigenvalue weighted by Gasteiger charge is 2.09. The van der Waals surface area contributed by atoms with E-state index < -0.39 is 0 Å². The molecule has 0 radical (unpaired) electrons. The number of nitrogens with zero attached hydrogens (tertiary/aromatic N) is 1. The van der Waals surface area contributed by atoms with Gasteiger partial charge in [-0.3, -0.25) is 4.98 Å². The minimum absolute atomic E-state index is 0.558. The van der Waals surface area contributed by atoms with Crippen LogP contribution in [0.3, 0.4) is 0 Å². The van der Waals surface area contributed by atoms with E-state index in [1.165, 1.54) is 11.1 Å². The summed E-state index contributed by atoms with van der Waals surface area (Å²) in [4.78, 5) is 4.61. The highest BCUT2D eigenvalue weighted by molar-refractivity contribution is 5.90. The Morgan fingerprint density at radius 1 is 1.00 bits per heavy atom. The molecule has 0 saturated carbocycles. The topological polar surface area (TPSA) is 31.4 Å². The van der Waals surface area contributed by atoms with Gasteiger partial charge in [-0.15, -0.1) is 0 Å². The van der Waals surface area contributed by atoms with Crippen LogP contribution in [0.2, 0.25) is 0 Å². The minimum atomic E-state index is 0.558. The fourth-order valence-corrected chi connectivity index (χ4v) is 2.15. The van der Waals surface area contributed by atoms with E-state index in [0.29, 0.717) is 13.2 Å². The highest BCUT2D eigenvalue weighted by atomic mass is 16.5. The normalized spacial score (nSPS) is 10.1. The third-order valence-corrected chi connectivity index (χ3v) is 2.99. The molecule has 3 nitrogen and oxygen atoms in total. The SMILES string of the molecule is CC.COCCOc1ccc(C)c2nc(C)cc(C)c12. The van der Waals surface area contributed by atoms with Gasteiger partial charge in [-0.1, -0.05) is 19.9 Å². The molecule has 0 aliphatic rings. The van der Waals surface area contributed by atoms with Crippen LogP contribution < -0.4 is 4.74 Å². The first-order valence-electron chi connectivity index (χ1n) is 7.12. The van der Waals surface area contributed by atoms with Crippen molar-refractivity contribution in [3.05, 3.63) is 35.0 Å².